The van der Waals surface area contributed by atoms with Gasteiger partial charge in [-0.3, -0.25) is 0 Å². The standard InChI is InChI=1S/C21H24O5/c1-15(2)16-4-8-18(9-5-16)25-12-13-26-20-14-19(24-3)10-6-17(20)7-11-21(22)23/h4-11,14-15H,12-13H2,1-3H3,(H,22,23). The van der Waals surface area contributed by atoms with Crippen molar-refractivity contribution in [3.05, 3.63) is 59.7 Å². The Bertz CT molecular complexity index is 747. The second kappa shape index (κ2) is 9.51. The van der Waals surface area contributed by atoms with Crippen LogP contribution in [0.4, 0.5) is 0 Å². The van der Waals surface area contributed by atoms with Gasteiger partial charge in [0.05, 0.1) is 7.11 Å². The molecule has 2 aromatic rings. The number of aliphatic carboxylic acids is 1. The summed E-state index contributed by atoms with van der Waals surface area (Å²) in [6, 6.07) is 13.2. The Morgan fingerprint density at radius 2 is 1.69 bits per heavy atom. The lowest BCUT2D eigenvalue weighted by molar-refractivity contribution is -0.131. The van der Waals surface area contributed by atoms with Gasteiger partial charge in [-0.05, 0) is 41.8 Å². The molecule has 0 bridgehead atoms. The van der Waals surface area contributed by atoms with Gasteiger partial charge in [-0.2, -0.15) is 0 Å². The minimum Gasteiger partial charge on any atom is -0.497 e. The molecule has 0 atom stereocenters. The smallest absolute Gasteiger partial charge is 0.328 e. The molecule has 0 unspecified atom stereocenters. The normalized spacial score (nSPS) is 10.9. The topological polar surface area (TPSA) is 65.0 Å². The quantitative estimate of drug-likeness (QED) is 0.534. The average molecular weight is 356 g/mol. The summed E-state index contributed by atoms with van der Waals surface area (Å²) < 4.78 is 16.6. The van der Waals surface area contributed by atoms with Crippen LogP contribution in [0.5, 0.6) is 17.2 Å². The molecule has 1 N–H and O–H groups in total. The van der Waals surface area contributed by atoms with Crippen LogP contribution in [0.1, 0.15) is 30.9 Å². The molecule has 0 spiro atoms. The van der Waals surface area contributed by atoms with E-state index in [-0.39, 0.29) is 0 Å². The third kappa shape index (κ3) is 5.84. The fraction of sp³-hybridized carbons (Fsp3) is 0.286. The first-order chi connectivity index (χ1) is 12.5. The zero-order valence-electron chi connectivity index (χ0n) is 15.3. The van der Waals surface area contributed by atoms with Crippen molar-refractivity contribution in [3.63, 3.8) is 0 Å². The summed E-state index contributed by atoms with van der Waals surface area (Å²) in [6.45, 7) is 5.00. The highest BCUT2D eigenvalue weighted by Crippen LogP contribution is 2.26. The SMILES string of the molecule is COc1ccc(C=CC(=O)O)c(OCCOc2ccc(C(C)C)cc2)c1. The number of carboxylic acid groups (broad SMARTS) is 1. The molecular weight excluding hydrogens is 332 g/mol. The number of carbonyl (C=O) groups is 1. The highest BCUT2D eigenvalue weighted by molar-refractivity contribution is 5.86. The van der Waals surface area contributed by atoms with Crippen molar-refractivity contribution in [2.24, 2.45) is 0 Å². The monoisotopic (exact) mass is 356 g/mol. The zero-order valence-corrected chi connectivity index (χ0v) is 15.3. The summed E-state index contributed by atoms with van der Waals surface area (Å²) >= 11 is 0. The van der Waals surface area contributed by atoms with Crippen LogP contribution in [0.2, 0.25) is 0 Å². The third-order valence-corrected chi connectivity index (χ3v) is 3.78. The second-order valence-corrected chi connectivity index (χ2v) is 6.00. The largest absolute Gasteiger partial charge is 0.497 e. The van der Waals surface area contributed by atoms with Gasteiger partial charge in [-0.25, -0.2) is 4.79 Å². The number of benzene rings is 2. The van der Waals surface area contributed by atoms with Gasteiger partial charge in [-0.15, -0.1) is 0 Å². The van der Waals surface area contributed by atoms with Gasteiger partial charge >= 0.3 is 5.97 Å². The van der Waals surface area contributed by atoms with Crippen molar-refractivity contribution < 1.29 is 24.1 Å². The summed E-state index contributed by atoms with van der Waals surface area (Å²) in [5.41, 5.74) is 1.93. The van der Waals surface area contributed by atoms with Crippen LogP contribution in [-0.4, -0.2) is 31.4 Å². The Kier molecular flexibility index (Phi) is 7.09. The third-order valence-electron chi connectivity index (χ3n) is 3.78. The summed E-state index contributed by atoms with van der Waals surface area (Å²) in [4.78, 5) is 10.7. The Hall–Kier alpha value is -2.95. The summed E-state index contributed by atoms with van der Waals surface area (Å²) in [7, 11) is 1.57. The molecule has 5 heteroatoms. The number of hydrogen-bond donors (Lipinski definition) is 1. The maximum Gasteiger partial charge on any atom is 0.328 e. The second-order valence-electron chi connectivity index (χ2n) is 6.00. The summed E-state index contributed by atoms with van der Waals surface area (Å²) in [5.74, 6) is 1.44. The van der Waals surface area contributed by atoms with E-state index in [4.69, 9.17) is 19.3 Å². The summed E-state index contributed by atoms with van der Waals surface area (Å²) in [6.07, 6.45) is 2.56. The molecular formula is C21H24O5. The highest BCUT2D eigenvalue weighted by atomic mass is 16.5. The van der Waals surface area contributed by atoms with E-state index in [2.05, 4.69) is 26.0 Å². The molecule has 0 aliphatic rings. The first-order valence-corrected chi connectivity index (χ1v) is 8.44. The Labute approximate surface area is 153 Å². The van der Waals surface area contributed by atoms with Crippen LogP contribution in [0, 0.1) is 0 Å². The van der Waals surface area contributed by atoms with Gasteiger partial charge in [-0.1, -0.05) is 26.0 Å². The fourth-order valence-corrected chi connectivity index (χ4v) is 2.33. The lowest BCUT2D eigenvalue weighted by Crippen LogP contribution is -2.09. The molecule has 0 amide bonds. The van der Waals surface area contributed by atoms with E-state index in [0.717, 1.165) is 11.8 Å². The molecule has 0 aliphatic heterocycles. The molecule has 0 heterocycles. The number of rotatable bonds is 9. The Balaban J connectivity index is 1.94. The lowest BCUT2D eigenvalue weighted by atomic mass is 10.0. The van der Waals surface area contributed by atoms with Crippen LogP contribution in [-0.2, 0) is 4.79 Å². The number of methoxy groups -OCH3 is 1. The molecule has 138 valence electrons. The lowest BCUT2D eigenvalue weighted by Gasteiger charge is -2.12. The van der Waals surface area contributed by atoms with E-state index < -0.39 is 5.97 Å². The molecule has 0 fully saturated rings. The van der Waals surface area contributed by atoms with Gasteiger partial charge in [0.25, 0.3) is 0 Å². The predicted octanol–water partition coefficient (Wildman–Crippen LogP) is 4.37. The number of hydrogen-bond acceptors (Lipinski definition) is 4. The predicted molar refractivity (Wildman–Crippen MR) is 101 cm³/mol. The van der Waals surface area contributed by atoms with Crippen molar-refractivity contribution in [2.75, 3.05) is 20.3 Å². The van der Waals surface area contributed by atoms with E-state index in [1.807, 2.05) is 12.1 Å². The zero-order chi connectivity index (χ0) is 18.9. The van der Waals surface area contributed by atoms with E-state index >= 15 is 0 Å². The van der Waals surface area contributed by atoms with Crippen LogP contribution in [0.3, 0.4) is 0 Å². The van der Waals surface area contributed by atoms with Crippen molar-refractivity contribution in [3.8, 4) is 17.2 Å². The minimum atomic E-state index is -1.01. The highest BCUT2D eigenvalue weighted by Gasteiger charge is 2.05. The van der Waals surface area contributed by atoms with Crippen molar-refractivity contribution in [1.82, 2.24) is 0 Å². The van der Waals surface area contributed by atoms with Gasteiger partial charge in [0.1, 0.15) is 30.5 Å². The van der Waals surface area contributed by atoms with Gasteiger partial charge in [0.2, 0.25) is 0 Å². The number of carboxylic acids is 1. The van der Waals surface area contributed by atoms with Gasteiger partial charge in [0.15, 0.2) is 0 Å². The maximum atomic E-state index is 10.7. The average Bonchev–Trinajstić information content (AvgIpc) is 2.64. The van der Waals surface area contributed by atoms with E-state index in [1.165, 1.54) is 11.6 Å². The molecule has 2 aromatic carbocycles. The molecule has 2 rings (SSSR count). The van der Waals surface area contributed by atoms with Crippen LogP contribution in [0.15, 0.2) is 48.5 Å². The van der Waals surface area contributed by atoms with Gasteiger partial charge in [0, 0.05) is 17.7 Å². The van der Waals surface area contributed by atoms with E-state index in [0.29, 0.717) is 36.2 Å². The molecule has 0 saturated heterocycles. The van der Waals surface area contributed by atoms with Gasteiger partial charge < -0.3 is 19.3 Å². The minimum absolute atomic E-state index is 0.326. The molecule has 0 aromatic heterocycles. The van der Waals surface area contributed by atoms with E-state index in [1.54, 1.807) is 25.3 Å². The van der Waals surface area contributed by atoms with Crippen LogP contribution in [0.25, 0.3) is 6.08 Å². The molecule has 0 saturated carbocycles. The molecule has 5 nitrogen and oxygen atoms in total. The fourth-order valence-electron chi connectivity index (χ4n) is 2.33. The van der Waals surface area contributed by atoms with Crippen LogP contribution < -0.4 is 14.2 Å². The Morgan fingerprint density at radius 1 is 1.04 bits per heavy atom. The number of ether oxygens (including phenoxy) is 3. The van der Waals surface area contributed by atoms with Crippen molar-refractivity contribution in [2.45, 2.75) is 19.8 Å². The molecule has 0 aliphatic carbocycles. The van der Waals surface area contributed by atoms with E-state index in [9.17, 15) is 4.79 Å². The van der Waals surface area contributed by atoms with Crippen molar-refractivity contribution in [1.29, 1.82) is 0 Å². The maximum absolute atomic E-state index is 10.7. The first kappa shape index (κ1) is 19.4. The summed E-state index contributed by atoms with van der Waals surface area (Å²) in [5, 5.41) is 8.79. The first-order valence-electron chi connectivity index (χ1n) is 8.44. The molecule has 0 radical (unpaired) electrons. The van der Waals surface area contributed by atoms with Crippen LogP contribution >= 0.6 is 0 Å². The Morgan fingerprint density at radius 3 is 2.31 bits per heavy atom. The van der Waals surface area contributed by atoms with Crippen molar-refractivity contribution >= 4 is 12.0 Å². The molecule has 26 heavy (non-hydrogen) atoms.